The maximum atomic E-state index is 9.30. The fourth-order valence-corrected chi connectivity index (χ4v) is 3.34. The van der Waals surface area contributed by atoms with E-state index in [2.05, 4.69) is 21.1 Å². The van der Waals surface area contributed by atoms with Crippen LogP contribution in [0.1, 0.15) is 35.2 Å². The SMILES string of the molecule is Cn1nc2c(c1Oc1cc(C#N)ccc1-c1ncc(CN)cn1)CCCC2. The fourth-order valence-electron chi connectivity index (χ4n) is 3.34. The van der Waals surface area contributed by atoms with E-state index in [0.717, 1.165) is 53.9 Å². The molecule has 1 aliphatic rings. The number of nitrogens with two attached hydrogens (primary N) is 1. The van der Waals surface area contributed by atoms with E-state index in [1.54, 1.807) is 29.2 Å². The van der Waals surface area contributed by atoms with Crippen LogP contribution in [-0.4, -0.2) is 19.7 Å². The van der Waals surface area contributed by atoms with Gasteiger partial charge in [-0.25, -0.2) is 14.6 Å². The standard InChI is InChI=1S/C20H20N6O/c1-26-20(15-4-2-3-5-17(15)25-26)27-18-8-13(9-21)6-7-16(18)19-23-11-14(10-22)12-24-19/h6-8,11-12H,2-5,10,22H2,1H3. The van der Waals surface area contributed by atoms with Gasteiger partial charge in [-0.15, -0.1) is 0 Å². The Labute approximate surface area is 157 Å². The first-order valence-corrected chi connectivity index (χ1v) is 8.97. The van der Waals surface area contributed by atoms with Crippen molar-refractivity contribution >= 4 is 0 Å². The Hall–Kier alpha value is -3.24. The zero-order chi connectivity index (χ0) is 18.8. The van der Waals surface area contributed by atoms with Crippen LogP contribution in [0.2, 0.25) is 0 Å². The fraction of sp³-hybridized carbons (Fsp3) is 0.300. The summed E-state index contributed by atoms with van der Waals surface area (Å²) in [5, 5.41) is 13.9. The molecular formula is C20H20N6O. The number of aryl methyl sites for hydroxylation is 2. The molecule has 7 heteroatoms. The van der Waals surface area contributed by atoms with E-state index in [4.69, 9.17) is 10.5 Å². The van der Waals surface area contributed by atoms with Crippen molar-refractivity contribution in [3.8, 4) is 29.1 Å². The Balaban J connectivity index is 1.77. The van der Waals surface area contributed by atoms with Crippen molar-refractivity contribution in [1.29, 1.82) is 5.26 Å². The van der Waals surface area contributed by atoms with Gasteiger partial charge in [-0.05, 0) is 43.9 Å². The number of nitrogens with zero attached hydrogens (tertiary/aromatic N) is 5. The van der Waals surface area contributed by atoms with Crippen LogP contribution < -0.4 is 10.5 Å². The third-order valence-electron chi connectivity index (χ3n) is 4.76. The van der Waals surface area contributed by atoms with Gasteiger partial charge < -0.3 is 10.5 Å². The van der Waals surface area contributed by atoms with Crippen molar-refractivity contribution in [2.75, 3.05) is 0 Å². The molecule has 0 unspecified atom stereocenters. The summed E-state index contributed by atoms with van der Waals surface area (Å²) < 4.78 is 8.05. The molecule has 0 saturated heterocycles. The number of aromatic nitrogens is 4. The molecule has 3 aromatic rings. The second kappa shape index (κ2) is 7.17. The molecule has 2 N–H and O–H groups in total. The first kappa shape index (κ1) is 17.2. The molecule has 0 radical (unpaired) electrons. The number of hydrogen-bond donors (Lipinski definition) is 1. The molecule has 27 heavy (non-hydrogen) atoms. The van der Waals surface area contributed by atoms with Crippen LogP contribution in [-0.2, 0) is 26.4 Å². The molecule has 1 aromatic carbocycles. The average Bonchev–Trinajstić information content (AvgIpc) is 3.03. The summed E-state index contributed by atoms with van der Waals surface area (Å²) in [5.74, 6) is 1.80. The highest BCUT2D eigenvalue weighted by Gasteiger charge is 2.22. The Bertz CT molecular complexity index is 1020. The lowest BCUT2D eigenvalue weighted by Crippen LogP contribution is -2.03. The summed E-state index contributed by atoms with van der Waals surface area (Å²) in [4.78, 5) is 8.80. The van der Waals surface area contributed by atoms with Gasteiger partial charge >= 0.3 is 0 Å². The third kappa shape index (κ3) is 3.27. The lowest BCUT2D eigenvalue weighted by molar-refractivity contribution is 0.426. The second-order valence-electron chi connectivity index (χ2n) is 6.60. The number of benzene rings is 1. The number of ether oxygens (including phenoxy) is 1. The number of nitriles is 1. The van der Waals surface area contributed by atoms with Gasteiger partial charge in [0.1, 0.15) is 5.75 Å². The highest BCUT2D eigenvalue weighted by atomic mass is 16.5. The minimum absolute atomic E-state index is 0.387. The summed E-state index contributed by atoms with van der Waals surface area (Å²) in [6.07, 6.45) is 7.62. The molecule has 0 atom stereocenters. The number of fused-ring (bicyclic) bond motifs is 1. The third-order valence-corrected chi connectivity index (χ3v) is 4.76. The predicted molar refractivity (Wildman–Crippen MR) is 100.0 cm³/mol. The minimum atomic E-state index is 0.387. The van der Waals surface area contributed by atoms with Gasteiger partial charge in [0.15, 0.2) is 5.82 Å². The highest BCUT2D eigenvalue weighted by molar-refractivity contribution is 5.66. The monoisotopic (exact) mass is 360 g/mol. The molecule has 0 amide bonds. The van der Waals surface area contributed by atoms with Crippen molar-refractivity contribution in [2.24, 2.45) is 12.8 Å². The van der Waals surface area contributed by atoms with E-state index in [1.807, 2.05) is 13.1 Å². The highest BCUT2D eigenvalue weighted by Crippen LogP contribution is 2.36. The Morgan fingerprint density at radius 3 is 2.74 bits per heavy atom. The Morgan fingerprint density at radius 2 is 2.00 bits per heavy atom. The maximum absolute atomic E-state index is 9.30. The zero-order valence-electron chi connectivity index (χ0n) is 15.1. The molecule has 7 nitrogen and oxygen atoms in total. The van der Waals surface area contributed by atoms with Crippen LogP contribution >= 0.6 is 0 Å². The van der Waals surface area contributed by atoms with Crippen LogP contribution in [0, 0.1) is 11.3 Å². The number of rotatable bonds is 4. The Kier molecular flexibility index (Phi) is 4.57. The molecule has 0 aliphatic heterocycles. The van der Waals surface area contributed by atoms with E-state index >= 15 is 0 Å². The van der Waals surface area contributed by atoms with Crippen molar-refractivity contribution in [3.05, 3.63) is 53.0 Å². The van der Waals surface area contributed by atoms with Gasteiger partial charge in [-0.1, -0.05) is 0 Å². The molecule has 1 aliphatic carbocycles. The van der Waals surface area contributed by atoms with Gasteiger partial charge in [0.05, 0.1) is 22.9 Å². The van der Waals surface area contributed by atoms with Crippen molar-refractivity contribution < 1.29 is 4.74 Å². The smallest absolute Gasteiger partial charge is 0.221 e. The van der Waals surface area contributed by atoms with Gasteiger partial charge in [-0.2, -0.15) is 10.4 Å². The van der Waals surface area contributed by atoms with Crippen LogP contribution in [0.25, 0.3) is 11.4 Å². The van der Waals surface area contributed by atoms with Gasteiger partial charge in [0.25, 0.3) is 0 Å². The average molecular weight is 360 g/mol. The lowest BCUT2D eigenvalue weighted by atomic mass is 9.98. The summed E-state index contributed by atoms with van der Waals surface area (Å²) >= 11 is 0. The largest absolute Gasteiger partial charge is 0.438 e. The molecule has 4 rings (SSSR count). The normalized spacial score (nSPS) is 13.1. The lowest BCUT2D eigenvalue weighted by Gasteiger charge is -2.14. The van der Waals surface area contributed by atoms with Crippen LogP contribution in [0.5, 0.6) is 11.6 Å². The second-order valence-corrected chi connectivity index (χ2v) is 6.60. The van der Waals surface area contributed by atoms with Gasteiger partial charge in [-0.3, -0.25) is 0 Å². The topological polar surface area (TPSA) is 103 Å². The molecule has 2 aromatic heterocycles. The van der Waals surface area contributed by atoms with Crippen LogP contribution in [0.15, 0.2) is 30.6 Å². The van der Waals surface area contributed by atoms with E-state index in [0.29, 0.717) is 23.7 Å². The molecule has 0 saturated carbocycles. The molecular weight excluding hydrogens is 340 g/mol. The first-order valence-electron chi connectivity index (χ1n) is 8.97. The van der Waals surface area contributed by atoms with Gasteiger partial charge in [0, 0.05) is 37.1 Å². The summed E-state index contributed by atoms with van der Waals surface area (Å²) in [6.45, 7) is 0.387. The molecule has 0 spiro atoms. The van der Waals surface area contributed by atoms with Crippen molar-refractivity contribution in [2.45, 2.75) is 32.2 Å². The summed E-state index contributed by atoms with van der Waals surface area (Å²) in [5.41, 5.74) is 9.97. The molecule has 2 heterocycles. The number of hydrogen-bond acceptors (Lipinski definition) is 6. The zero-order valence-corrected chi connectivity index (χ0v) is 15.1. The van der Waals surface area contributed by atoms with E-state index in [-0.39, 0.29) is 0 Å². The molecule has 0 bridgehead atoms. The maximum Gasteiger partial charge on any atom is 0.221 e. The van der Waals surface area contributed by atoms with Crippen molar-refractivity contribution in [1.82, 2.24) is 19.7 Å². The predicted octanol–water partition coefficient (Wildman–Crippen LogP) is 2.88. The minimum Gasteiger partial charge on any atom is -0.438 e. The first-order chi connectivity index (χ1) is 13.2. The molecule has 0 fully saturated rings. The van der Waals surface area contributed by atoms with Crippen molar-refractivity contribution in [3.63, 3.8) is 0 Å². The van der Waals surface area contributed by atoms with Crippen LogP contribution in [0.4, 0.5) is 0 Å². The van der Waals surface area contributed by atoms with E-state index in [1.165, 1.54) is 0 Å². The quantitative estimate of drug-likeness (QED) is 0.767. The van der Waals surface area contributed by atoms with Crippen LogP contribution in [0.3, 0.4) is 0 Å². The van der Waals surface area contributed by atoms with Gasteiger partial charge in [0.2, 0.25) is 5.88 Å². The van der Waals surface area contributed by atoms with E-state index in [9.17, 15) is 5.26 Å². The van der Waals surface area contributed by atoms with E-state index < -0.39 is 0 Å². The molecule has 136 valence electrons. The summed E-state index contributed by atoms with van der Waals surface area (Å²) in [6, 6.07) is 7.43. The summed E-state index contributed by atoms with van der Waals surface area (Å²) in [7, 11) is 1.88. The Morgan fingerprint density at radius 1 is 1.22 bits per heavy atom.